The second-order valence-electron chi connectivity index (χ2n) is 8.56. The molecular weight excluding hydrogens is 473 g/mol. The Morgan fingerprint density at radius 3 is 2.68 bits per heavy atom. The van der Waals surface area contributed by atoms with Crippen molar-refractivity contribution in [2.24, 2.45) is 0 Å². The molecule has 2 aromatic heterocycles. The van der Waals surface area contributed by atoms with Crippen LogP contribution in [0.3, 0.4) is 0 Å². The van der Waals surface area contributed by atoms with Crippen LogP contribution in [0.15, 0.2) is 40.2 Å². The average Bonchev–Trinajstić information content (AvgIpc) is 3.44. The fourth-order valence-electron chi connectivity index (χ4n) is 4.77. The minimum Gasteiger partial charge on any atom is -0.338 e. The number of nitriles is 1. The van der Waals surface area contributed by atoms with Crippen LogP contribution in [0.1, 0.15) is 31.2 Å². The van der Waals surface area contributed by atoms with Crippen molar-refractivity contribution in [2.45, 2.75) is 48.8 Å². The topological polar surface area (TPSA) is 130 Å². The number of rotatable bonds is 4. The molecule has 1 aliphatic heterocycles. The lowest BCUT2D eigenvalue weighted by atomic mass is 10.00. The summed E-state index contributed by atoms with van der Waals surface area (Å²) in [6.07, 6.45) is -0.145. The highest BCUT2D eigenvalue weighted by molar-refractivity contribution is 8.22. The maximum atomic E-state index is 12.9. The molecular formula is C21H21F3N6O3S. The standard InChI is InChI=1S/C21H21F3N6O3S/c22-21(23,24)12-29-10-13-9-14(3-4-16(13)34(29,32)33)27-18-17-15(5-8-26-19(17)31)30(28-18)20(11-25)6-1-2-7-20/h3-5,8-9,32-33H,1-2,6-7,10,12H2,(H,26,31)(H,27,28). The van der Waals surface area contributed by atoms with E-state index in [0.717, 1.165) is 12.8 Å². The molecule has 9 nitrogen and oxygen atoms in total. The van der Waals surface area contributed by atoms with Gasteiger partial charge in [-0.15, -0.1) is 10.8 Å². The fourth-order valence-corrected chi connectivity index (χ4v) is 6.42. The van der Waals surface area contributed by atoms with Gasteiger partial charge in [0.15, 0.2) is 5.82 Å². The summed E-state index contributed by atoms with van der Waals surface area (Å²) in [6, 6.07) is 8.40. The van der Waals surface area contributed by atoms with E-state index in [0.29, 0.717) is 33.9 Å². The summed E-state index contributed by atoms with van der Waals surface area (Å²) in [5.74, 6) is 0.204. The lowest BCUT2D eigenvalue weighted by Gasteiger charge is -2.37. The summed E-state index contributed by atoms with van der Waals surface area (Å²) in [5.41, 5.74) is -0.0182. The minimum absolute atomic E-state index is 0.0323. The molecule has 0 saturated heterocycles. The Labute approximate surface area is 193 Å². The van der Waals surface area contributed by atoms with Crippen LogP contribution in [-0.2, 0) is 12.1 Å². The van der Waals surface area contributed by atoms with Crippen molar-refractivity contribution in [2.75, 3.05) is 11.9 Å². The van der Waals surface area contributed by atoms with Gasteiger partial charge >= 0.3 is 6.18 Å². The van der Waals surface area contributed by atoms with Crippen molar-refractivity contribution in [1.29, 1.82) is 5.26 Å². The van der Waals surface area contributed by atoms with Gasteiger partial charge in [0.25, 0.3) is 5.56 Å². The Morgan fingerprint density at radius 1 is 1.26 bits per heavy atom. The Balaban J connectivity index is 1.53. The normalized spacial score (nSPS) is 20.2. The maximum absolute atomic E-state index is 12.9. The maximum Gasteiger partial charge on any atom is 0.403 e. The van der Waals surface area contributed by atoms with Crippen molar-refractivity contribution < 1.29 is 22.3 Å². The molecule has 5 rings (SSSR count). The minimum atomic E-state index is -4.59. The summed E-state index contributed by atoms with van der Waals surface area (Å²) in [7, 11) is -3.75. The van der Waals surface area contributed by atoms with Crippen LogP contribution in [-0.4, -0.2) is 40.9 Å². The molecule has 0 radical (unpaired) electrons. The van der Waals surface area contributed by atoms with Crippen LogP contribution in [0.4, 0.5) is 24.7 Å². The Bertz CT molecular complexity index is 1370. The molecule has 34 heavy (non-hydrogen) atoms. The Kier molecular flexibility index (Phi) is 5.17. The van der Waals surface area contributed by atoms with Gasteiger partial charge in [0, 0.05) is 18.4 Å². The molecule has 0 unspecified atom stereocenters. The quantitative estimate of drug-likeness (QED) is 0.415. The van der Waals surface area contributed by atoms with Crippen molar-refractivity contribution in [3.63, 3.8) is 0 Å². The van der Waals surface area contributed by atoms with Gasteiger partial charge in [-0.2, -0.15) is 27.8 Å². The number of benzene rings is 1. The van der Waals surface area contributed by atoms with E-state index in [1.165, 1.54) is 24.4 Å². The first-order valence-electron chi connectivity index (χ1n) is 10.6. The molecule has 13 heteroatoms. The van der Waals surface area contributed by atoms with Crippen molar-refractivity contribution >= 4 is 33.2 Å². The zero-order valence-electron chi connectivity index (χ0n) is 17.8. The van der Waals surface area contributed by atoms with Crippen molar-refractivity contribution in [1.82, 2.24) is 19.1 Å². The second kappa shape index (κ2) is 7.74. The molecule has 3 heterocycles. The van der Waals surface area contributed by atoms with Crippen LogP contribution in [0.2, 0.25) is 0 Å². The summed E-state index contributed by atoms with van der Waals surface area (Å²) in [6.45, 7) is -1.74. The first-order chi connectivity index (χ1) is 16.0. The third kappa shape index (κ3) is 3.63. The van der Waals surface area contributed by atoms with E-state index >= 15 is 0 Å². The summed E-state index contributed by atoms with van der Waals surface area (Å²) in [5, 5.41) is 17.8. The van der Waals surface area contributed by atoms with Gasteiger partial charge in [0.1, 0.15) is 17.5 Å². The van der Waals surface area contributed by atoms with Crippen LogP contribution in [0, 0.1) is 11.3 Å². The number of alkyl halides is 3. The molecule has 4 N–H and O–H groups in total. The highest BCUT2D eigenvalue weighted by Gasteiger charge is 2.42. The number of hydrogen-bond donors (Lipinski definition) is 4. The van der Waals surface area contributed by atoms with Gasteiger partial charge in [0.05, 0.1) is 16.5 Å². The number of halogens is 3. The van der Waals surface area contributed by atoms with Gasteiger partial charge in [-0.1, -0.05) is 0 Å². The molecule has 0 spiro atoms. The van der Waals surface area contributed by atoms with E-state index in [1.54, 1.807) is 10.7 Å². The summed E-state index contributed by atoms with van der Waals surface area (Å²) in [4.78, 5) is 15.3. The van der Waals surface area contributed by atoms with E-state index in [-0.39, 0.29) is 22.6 Å². The number of H-pyrrole nitrogens is 1. The van der Waals surface area contributed by atoms with Crippen LogP contribution >= 0.6 is 10.8 Å². The van der Waals surface area contributed by atoms with Gasteiger partial charge in [0.2, 0.25) is 0 Å². The van der Waals surface area contributed by atoms with E-state index in [2.05, 4.69) is 21.5 Å². The molecule has 0 amide bonds. The zero-order chi connectivity index (χ0) is 24.3. The fraction of sp³-hybridized carbons (Fsp3) is 0.381. The van der Waals surface area contributed by atoms with Crippen molar-refractivity contribution in [3.8, 4) is 6.07 Å². The first-order valence-corrected chi connectivity index (χ1v) is 12.1. The molecule has 1 fully saturated rings. The second-order valence-corrected chi connectivity index (χ2v) is 10.6. The number of nitrogens with one attached hydrogen (secondary N) is 2. The van der Waals surface area contributed by atoms with E-state index < -0.39 is 34.6 Å². The van der Waals surface area contributed by atoms with Gasteiger partial charge in [-0.25, -0.2) is 4.68 Å². The third-order valence-corrected chi connectivity index (χ3v) is 8.30. The van der Waals surface area contributed by atoms with Gasteiger partial charge in [-0.05, 0) is 55.5 Å². The average molecular weight is 494 g/mol. The monoisotopic (exact) mass is 494 g/mol. The Morgan fingerprint density at radius 2 is 2.00 bits per heavy atom. The smallest absolute Gasteiger partial charge is 0.338 e. The number of aromatic nitrogens is 3. The SMILES string of the molecule is N#CC1(n2nc(Nc3ccc4c(c3)CN(CC(F)(F)F)S4(O)O)c3c(=O)[nH]ccc32)CCCC1. The zero-order valence-corrected chi connectivity index (χ0v) is 18.6. The molecule has 1 aliphatic carbocycles. The molecule has 0 bridgehead atoms. The Hall–Kier alpha value is -3.05. The van der Waals surface area contributed by atoms with E-state index in [1.807, 2.05) is 0 Å². The molecule has 180 valence electrons. The predicted octanol–water partition coefficient (Wildman–Crippen LogP) is 4.66. The van der Waals surface area contributed by atoms with Crippen LogP contribution in [0.5, 0.6) is 0 Å². The molecule has 1 aromatic carbocycles. The number of fused-ring (bicyclic) bond motifs is 2. The summed E-state index contributed by atoms with van der Waals surface area (Å²) < 4.78 is 61.6. The molecule has 2 aliphatic rings. The summed E-state index contributed by atoms with van der Waals surface area (Å²) >= 11 is 0. The van der Waals surface area contributed by atoms with Gasteiger partial charge in [-0.3, -0.25) is 13.9 Å². The van der Waals surface area contributed by atoms with E-state index in [9.17, 15) is 32.3 Å². The van der Waals surface area contributed by atoms with Gasteiger partial charge < -0.3 is 10.3 Å². The first kappa shape index (κ1) is 22.7. The largest absolute Gasteiger partial charge is 0.403 e. The number of aromatic amines is 1. The molecule has 3 aromatic rings. The molecule has 0 atom stereocenters. The number of pyridine rings is 1. The number of nitrogens with zero attached hydrogens (tertiary/aromatic N) is 4. The lowest BCUT2D eigenvalue weighted by molar-refractivity contribution is -0.137. The number of anilines is 2. The van der Waals surface area contributed by atoms with Crippen LogP contribution < -0.4 is 10.9 Å². The third-order valence-electron chi connectivity index (χ3n) is 6.33. The number of hydrogen-bond acceptors (Lipinski definition) is 7. The molecule has 1 saturated carbocycles. The lowest BCUT2D eigenvalue weighted by Crippen LogP contribution is -2.32. The van der Waals surface area contributed by atoms with E-state index in [4.69, 9.17) is 0 Å². The highest BCUT2D eigenvalue weighted by Crippen LogP contribution is 2.59. The highest BCUT2D eigenvalue weighted by atomic mass is 32.3. The predicted molar refractivity (Wildman–Crippen MR) is 120 cm³/mol. The van der Waals surface area contributed by atoms with Crippen molar-refractivity contribution in [3.05, 3.63) is 46.4 Å². The van der Waals surface area contributed by atoms with Crippen LogP contribution in [0.25, 0.3) is 10.9 Å².